The summed E-state index contributed by atoms with van der Waals surface area (Å²) in [6.07, 6.45) is -8.75. The highest BCUT2D eigenvalue weighted by Gasteiger charge is 2.54. The van der Waals surface area contributed by atoms with Gasteiger partial charge in [-0.25, -0.2) is 4.79 Å². The topological polar surface area (TPSA) is 209 Å². The summed E-state index contributed by atoms with van der Waals surface area (Å²) in [4.78, 5) is 25.4. The number of ketones is 1. The zero-order valence-electron chi connectivity index (χ0n) is 28.3. The molecule has 6 rings (SSSR count). The Morgan fingerprint density at radius 1 is 0.962 bits per heavy atom. The molecule has 2 fully saturated rings. The van der Waals surface area contributed by atoms with Gasteiger partial charge in [-0.3, -0.25) is 4.79 Å². The van der Waals surface area contributed by atoms with E-state index in [1.807, 2.05) is 6.07 Å². The molecule has 5 N–H and O–H groups in total. The first-order valence-electron chi connectivity index (χ1n) is 16.5. The predicted octanol–water partition coefficient (Wildman–Crippen LogP) is 1.32. The van der Waals surface area contributed by atoms with Gasteiger partial charge in [-0.05, 0) is 29.3 Å². The predicted molar refractivity (Wildman–Crippen MR) is 179 cm³/mol. The van der Waals surface area contributed by atoms with Crippen molar-refractivity contribution in [3.63, 3.8) is 0 Å². The van der Waals surface area contributed by atoms with Crippen LogP contribution in [0.5, 0.6) is 23.0 Å². The van der Waals surface area contributed by atoms with E-state index >= 15 is 0 Å². The zero-order chi connectivity index (χ0) is 37.0. The molecule has 0 radical (unpaired) electrons. The molecule has 3 aromatic carbocycles. The molecule has 3 aliphatic heterocycles. The number of ether oxygens (including phenoxy) is 8. The van der Waals surface area contributed by atoms with Gasteiger partial charge in [-0.1, -0.05) is 42.5 Å². The molecule has 3 heterocycles. The Hall–Kier alpha value is -4.58. The molecule has 0 bridgehead atoms. The summed E-state index contributed by atoms with van der Waals surface area (Å²) < 4.78 is 45.0. The first-order chi connectivity index (χ1) is 25.0. The van der Waals surface area contributed by atoms with Gasteiger partial charge in [0.1, 0.15) is 65.7 Å². The number of hydrogen-bond donors (Lipinski definition) is 5. The van der Waals surface area contributed by atoms with Crippen LogP contribution in [0.15, 0.2) is 72.8 Å². The molecule has 52 heavy (non-hydrogen) atoms. The van der Waals surface area contributed by atoms with E-state index in [1.54, 1.807) is 60.7 Å². The van der Waals surface area contributed by atoms with Gasteiger partial charge in [0.2, 0.25) is 6.29 Å². The van der Waals surface area contributed by atoms with Crippen LogP contribution in [-0.4, -0.2) is 120 Å². The largest absolute Gasteiger partial charge is 0.496 e. The van der Waals surface area contributed by atoms with Crippen molar-refractivity contribution in [3.05, 3.63) is 89.5 Å². The van der Waals surface area contributed by atoms with E-state index in [9.17, 15) is 35.1 Å². The SMILES string of the molecule is COc1cc(OC)c2c(c1)O[C@H](c1ccc(O[C@@H]3O[C@H](CO)[C@@H](O)[C@H](O)[C@H]3O[C@@H]3OC[C@@](O)(COC(=O)/C=C/c4ccccc4)[C@@H]3O)cc1)CC2=O. The molecule has 0 spiro atoms. The van der Waals surface area contributed by atoms with E-state index in [0.29, 0.717) is 28.4 Å². The fourth-order valence-corrected chi connectivity index (χ4v) is 6.08. The fourth-order valence-electron chi connectivity index (χ4n) is 6.08. The van der Waals surface area contributed by atoms with Crippen LogP contribution in [0.3, 0.4) is 0 Å². The molecule has 9 atom stereocenters. The summed E-state index contributed by atoms with van der Waals surface area (Å²) in [6, 6.07) is 18.7. The summed E-state index contributed by atoms with van der Waals surface area (Å²) in [5.74, 6) is 0.390. The molecule has 3 aromatic rings. The Morgan fingerprint density at radius 2 is 1.71 bits per heavy atom. The highest BCUT2D eigenvalue weighted by atomic mass is 16.8. The van der Waals surface area contributed by atoms with Gasteiger partial charge >= 0.3 is 5.97 Å². The van der Waals surface area contributed by atoms with E-state index in [0.717, 1.165) is 5.56 Å². The van der Waals surface area contributed by atoms with Crippen molar-refractivity contribution in [2.75, 3.05) is 34.0 Å². The van der Waals surface area contributed by atoms with E-state index in [1.165, 1.54) is 26.4 Å². The maximum Gasteiger partial charge on any atom is 0.330 e. The molecule has 15 nitrogen and oxygen atoms in total. The average Bonchev–Trinajstić information content (AvgIpc) is 3.44. The average molecular weight is 725 g/mol. The summed E-state index contributed by atoms with van der Waals surface area (Å²) >= 11 is 0. The molecule has 2 saturated heterocycles. The van der Waals surface area contributed by atoms with Gasteiger partial charge in [0.15, 0.2) is 23.8 Å². The number of benzene rings is 3. The first-order valence-corrected chi connectivity index (χ1v) is 16.5. The number of aliphatic hydroxyl groups excluding tert-OH is 4. The number of carbonyl (C=O) groups is 2. The Morgan fingerprint density at radius 3 is 2.40 bits per heavy atom. The fraction of sp³-hybridized carbons (Fsp3) is 0.405. The molecule has 0 amide bonds. The molecule has 3 aliphatic rings. The third-order valence-corrected chi connectivity index (χ3v) is 9.02. The quantitative estimate of drug-likeness (QED) is 0.132. The number of esters is 1. The van der Waals surface area contributed by atoms with Gasteiger partial charge in [0.05, 0.1) is 33.9 Å². The van der Waals surface area contributed by atoms with E-state index in [4.69, 9.17) is 37.9 Å². The summed E-state index contributed by atoms with van der Waals surface area (Å²) in [5, 5.41) is 53.4. The van der Waals surface area contributed by atoms with Gasteiger partial charge < -0.3 is 63.4 Å². The first kappa shape index (κ1) is 37.2. The van der Waals surface area contributed by atoms with Gasteiger partial charge in [0, 0.05) is 18.2 Å². The lowest BCUT2D eigenvalue weighted by Crippen LogP contribution is -2.62. The van der Waals surface area contributed by atoms with Crippen molar-refractivity contribution >= 4 is 17.8 Å². The second-order valence-corrected chi connectivity index (χ2v) is 12.5. The Bertz CT molecular complexity index is 1730. The van der Waals surface area contributed by atoms with Gasteiger partial charge in [-0.2, -0.15) is 0 Å². The monoisotopic (exact) mass is 724 g/mol. The minimum absolute atomic E-state index is 0.0411. The molecule has 278 valence electrons. The number of fused-ring (bicyclic) bond motifs is 1. The van der Waals surface area contributed by atoms with Crippen LogP contribution in [-0.2, 0) is 23.7 Å². The van der Waals surface area contributed by atoms with Gasteiger partial charge in [-0.15, -0.1) is 0 Å². The number of rotatable bonds is 12. The van der Waals surface area contributed by atoms with E-state index in [-0.39, 0.29) is 18.0 Å². The summed E-state index contributed by atoms with van der Waals surface area (Å²) in [6.45, 7) is -1.80. The van der Waals surface area contributed by atoms with Crippen LogP contribution in [0.4, 0.5) is 0 Å². The van der Waals surface area contributed by atoms with Crippen LogP contribution in [0.1, 0.15) is 34.0 Å². The Balaban J connectivity index is 1.11. The van der Waals surface area contributed by atoms with Crippen molar-refractivity contribution in [2.24, 2.45) is 0 Å². The lowest BCUT2D eigenvalue weighted by Gasteiger charge is -2.42. The molecule has 0 aromatic heterocycles. The van der Waals surface area contributed by atoms with Crippen molar-refractivity contribution in [2.45, 2.75) is 61.2 Å². The molecule has 0 unspecified atom stereocenters. The third-order valence-electron chi connectivity index (χ3n) is 9.02. The minimum atomic E-state index is -2.07. The minimum Gasteiger partial charge on any atom is -0.496 e. The molecular formula is C37H40O15. The van der Waals surface area contributed by atoms with Crippen molar-refractivity contribution in [1.29, 1.82) is 0 Å². The van der Waals surface area contributed by atoms with E-state index < -0.39 is 80.6 Å². The summed E-state index contributed by atoms with van der Waals surface area (Å²) in [5.41, 5.74) is -0.344. The molecule has 15 heteroatoms. The highest BCUT2D eigenvalue weighted by molar-refractivity contribution is 6.02. The number of carbonyl (C=O) groups excluding carboxylic acids is 2. The van der Waals surface area contributed by atoms with Crippen LogP contribution in [0, 0.1) is 0 Å². The standard InChI is InChI=1S/C37H40O15/c1-45-23-14-26(46-2)30-24(39)16-25(50-27(30)15-23)21-9-11-22(12-10-21)49-35-33(32(42)31(41)28(17-38)51-35)52-36-34(43)37(44,19-48-36)18-47-29(40)13-8-20-6-4-3-5-7-20/h3-15,25,28,31-36,38,41-44H,16-19H2,1-2H3/b13-8+/t25-,28+,31+,32-,33+,34+,35+,36-,37-/m0/s1. The summed E-state index contributed by atoms with van der Waals surface area (Å²) in [7, 11) is 2.95. The number of methoxy groups -OCH3 is 2. The normalized spacial score (nSPS) is 30.0. The lowest BCUT2D eigenvalue weighted by molar-refractivity contribution is -0.318. The number of hydrogen-bond acceptors (Lipinski definition) is 15. The molecular weight excluding hydrogens is 684 g/mol. The highest BCUT2D eigenvalue weighted by Crippen LogP contribution is 2.42. The smallest absolute Gasteiger partial charge is 0.330 e. The number of aliphatic hydroxyl groups is 5. The maximum atomic E-state index is 13.1. The second-order valence-electron chi connectivity index (χ2n) is 12.5. The third kappa shape index (κ3) is 7.91. The maximum absolute atomic E-state index is 13.1. The molecule has 0 aliphatic carbocycles. The van der Waals surface area contributed by atoms with Crippen LogP contribution >= 0.6 is 0 Å². The van der Waals surface area contributed by atoms with Crippen LogP contribution in [0.2, 0.25) is 0 Å². The lowest BCUT2D eigenvalue weighted by atomic mass is 9.95. The molecule has 0 saturated carbocycles. The Kier molecular flexibility index (Phi) is 11.4. The van der Waals surface area contributed by atoms with Crippen molar-refractivity contribution in [3.8, 4) is 23.0 Å². The van der Waals surface area contributed by atoms with Crippen LogP contribution < -0.4 is 18.9 Å². The van der Waals surface area contributed by atoms with Crippen LogP contribution in [0.25, 0.3) is 6.08 Å². The van der Waals surface area contributed by atoms with Crippen molar-refractivity contribution in [1.82, 2.24) is 0 Å². The van der Waals surface area contributed by atoms with Crippen molar-refractivity contribution < 1.29 is 73.0 Å². The second kappa shape index (κ2) is 16.0. The zero-order valence-corrected chi connectivity index (χ0v) is 28.3. The van der Waals surface area contributed by atoms with E-state index in [2.05, 4.69) is 0 Å². The van der Waals surface area contributed by atoms with Gasteiger partial charge in [0.25, 0.3) is 0 Å². The number of Topliss-reactive ketones (excluding diaryl/α,β-unsaturated/α-hetero) is 1. The Labute approximate surface area is 298 Å².